The van der Waals surface area contributed by atoms with Crippen LogP contribution in [0.5, 0.6) is 6.01 Å². The Morgan fingerprint density at radius 3 is 2.73 bits per heavy atom. The lowest BCUT2D eigenvalue weighted by Crippen LogP contribution is -2.01. The fraction of sp³-hybridized carbons (Fsp3) is 0.235. The molecule has 0 N–H and O–H groups in total. The van der Waals surface area contributed by atoms with Crippen LogP contribution in [0.4, 0.5) is 4.39 Å². The summed E-state index contributed by atoms with van der Waals surface area (Å²) < 4.78 is 19.3. The Morgan fingerprint density at radius 2 is 1.91 bits per heavy atom. The third-order valence-corrected chi connectivity index (χ3v) is 3.29. The number of pyridine rings is 1. The molecule has 0 bridgehead atoms. The maximum absolute atomic E-state index is 13.8. The largest absolute Gasteiger partial charge is 0.463 e. The van der Waals surface area contributed by atoms with Gasteiger partial charge in [0.05, 0.1) is 24.0 Å². The SMILES string of the molecule is CCCCOc1ncc2nc(-c3ccccc3F)ccc2n1. The maximum Gasteiger partial charge on any atom is 0.317 e. The Labute approximate surface area is 128 Å². The topological polar surface area (TPSA) is 47.9 Å². The standard InChI is InChI=1S/C17H16FN3O/c1-2-3-10-22-17-19-11-16-15(21-17)9-8-14(20-16)12-6-4-5-7-13(12)18/h4-9,11H,2-3,10H2,1H3. The van der Waals surface area contributed by atoms with Gasteiger partial charge in [0.1, 0.15) is 11.3 Å². The smallest absolute Gasteiger partial charge is 0.317 e. The van der Waals surface area contributed by atoms with Crippen LogP contribution in [-0.2, 0) is 0 Å². The molecule has 0 saturated carbocycles. The molecule has 0 aliphatic carbocycles. The number of fused-ring (bicyclic) bond motifs is 1. The predicted molar refractivity (Wildman–Crippen MR) is 83.1 cm³/mol. The minimum Gasteiger partial charge on any atom is -0.463 e. The molecule has 0 radical (unpaired) electrons. The summed E-state index contributed by atoms with van der Waals surface area (Å²) in [6, 6.07) is 10.5. The predicted octanol–water partition coefficient (Wildman–Crippen LogP) is 4.01. The van der Waals surface area contributed by atoms with E-state index in [1.165, 1.54) is 6.07 Å². The second-order valence-electron chi connectivity index (χ2n) is 4.94. The molecule has 5 heteroatoms. The van der Waals surface area contributed by atoms with Gasteiger partial charge in [-0.25, -0.2) is 14.4 Å². The van der Waals surface area contributed by atoms with Gasteiger partial charge in [0.2, 0.25) is 0 Å². The van der Waals surface area contributed by atoms with Crippen molar-refractivity contribution in [2.45, 2.75) is 19.8 Å². The third kappa shape index (κ3) is 3.03. The first-order valence-corrected chi connectivity index (χ1v) is 7.29. The number of hydrogen-bond acceptors (Lipinski definition) is 4. The van der Waals surface area contributed by atoms with E-state index in [4.69, 9.17) is 4.74 Å². The van der Waals surface area contributed by atoms with Crippen molar-refractivity contribution < 1.29 is 9.13 Å². The lowest BCUT2D eigenvalue weighted by atomic mass is 10.1. The number of aromatic nitrogens is 3. The first-order valence-electron chi connectivity index (χ1n) is 7.29. The van der Waals surface area contributed by atoms with Crippen molar-refractivity contribution in [3.05, 3.63) is 48.4 Å². The van der Waals surface area contributed by atoms with Gasteiger partial charge in [0.15, 0.2) is 0 Å². The number of halogens is 1. The summed E-state index contributed by atoms with van der Waals surface area (Å²) in [5.41, 5.74) is 2.33. The first kappa shape index (κ1) is 14.4. The molecule has 3 rings (SSSR count). The van der Waals surface area contributed by atoms with E-state index < -0.39 is 0 Å². The lowest BCUT2D eigenvalue weighted by Gasteiger charge is -2.06. The Bertz CT molecular complexity index is 792. The van der Waals surface area contributed by atoms with Gasteiger partial charge in [-0.05, 0) is 30.7 Å². The average molecular weight is 297 g/mol. The highest BCUT2D eigenvalue weighted by Crippen LogP contribution is 2.23. The fourth-order valence-electron chi connectivity index (χ4n) is 2.10. The zero-order valence-electron chi connectivity index (χ0n) is 12.3. The number of rotatable bonds is 5. The molecule has 0 amide bonds. The summed E-state index contributed by atoms with van der Waals surface area (Å²) in [6.45, 7) is 2.70. The van der Waals surface area contributed by atoms with Gasteiger partial charge in [-0.2, -0.15) is 4.98 Å². The Balaban J connectivity index is 1.91. The number of hydrogen-bond donors (Lipinski definition) is 0. The number of unbranched alkanes of at least 4 members (excludes halogenated alkanes) is 1. The van der Waals surface area contributed by atoms with Crippen LogP contribution in [0.2, 0.25) is 0 Å². The molecule has 0 aliphatic rings. The third-order valence-electron chi connectivity index (χ3n) is 3.29. The van der Waals surface area contributed by atoms with Gasteiger partial charge in [-0.1, -0.05) is 25.5 Å². The highest BCUT2D eigenvalue weighted by molar-refractivity contribution is 5.77. The molecule has 4 nitrogen and oxygen atoms in total. The normalized spacial score (nSPS) is 10.8. The number of benzene rings is 1. The van der Waals surface area contributed by atoms with Crippen molar-refractivity contribution in [2.24, 2.45) is 0 Å². The molecule has 0 unspecified atom stereocenters. The molecule has 22 heavy (non-hydrogen) atoms. The highest BCUT2D eigenvalue weighted by atomic mass is 19.1. The Hall–Kier alpha value is -2.56. The summed E-state index contributed by atoms with van der Waals surface area (Å²) in [4.78, 5) is 12.9. The van der Waals surface area contributed by atoms with Crippen molar-refractivity contribution >= 4 is 11.0 Å². The molecule has 0 atom stereocenters. The van der Waals surface area contributed by atoms with E-state index in [2.05, 4.69) is 21.9 Å². The molecule has 0 saturated heterocycles. The van der Waals surface area contributed by atoms with Crippen molar-refractivity contribution in [1.29, 1.82) is 0 Å². The Kier molecular flexibility index (Phi) is 4.23. The van der Waals surface area contributed by atoms with Gasteiger partial charge < -0.3 is 4.74 Å². The van der Waals surface area contributed by atoms with Crippen LogP contribution in [0.25, 0.3) is 22.3 Å². The maximum atomic E-state index is 13.8. The van der Waals surface area contributed by atoms with Crippen LogP contribution < -0.4 is 4.74 Å². The number of nitrogens with zero attached hydrogens (tertiary/aromatic N) is 3. The molecular weight excluding hydrogens is 281 g/mol. The van der Waals surface area contributed by atoms with Crippen LogP contribution in [0, 0.1) is 5.82 Å². The van der Waals surface area contributed by atoms with Gasteiger partial charge in [0, 0.05) is 5.56 Å². The minimum atomic E-state index is -0.296. The van der Waals surface area contributed by atoms with Crippen LogP contribution in [0.15, 0.2) is 42.6 Å². The molecular formula is C17H16FN3O. The van der Waals surface area contributed by atoms with Crippen molar-refractivity contribution in [1.82, 2.24) is 15.0 Å². The van der Waals surface area contributed by atoms with Gasteiger partial charge in [0.25, 0.3) is 0 Å². The fourth-order valence-corrected chi connectivity index (χ4v) is 2.10. The van der Waals surface area contributed by atoms with E-state index in [9.17, 15) is 4.39 Å². The van der Waals surface area contributed by atoms with E-state index >= 15 is 0 Å². The highest BCUT2D eigenvalue weighted by Gasteiger charge is 2.08. The zero-order chi connectivity index (χ0) is 15.4. The minimum absolute atomic E-state index is 0.296. The van der Waals surface area contributed by atoms with E-state index in [1.54, 1.807) is 36.5 Å². The lowest BCUT2D eigenvalue weighted by molar-refractivity contribution is 0.286. The summed E-state index contributed by atoms with van der Waals surface area (Å²) in [5, 5.41) is 0. The summed E-state index contributed by atoms with van der Waals surface area (Å²) in [7, 11) is 0. The molecule has 3 aromatic rings. The van der Waals surface area contributed by atoms with Gasteiger partial charge >= 0.3 is 6.01 Å². The molecule has 0 spiro atoms. The molecule has 2 heterocycles. The van der Waals surface area contributed by atoms with E-state index in [1.807, 2.05) is 0 Å². The first-order chi connectivity index (χ1) is 10.8. The summed E-state index contributed by atoms with van der Waals surface area (Å²) >= 11 is 0. The van der Waals surface area contributed by atoms with Gasteiger partial charge in [-0.3, -0.25) is 0 Å². The molecule has 2 aromatic heterocycles. The molecule has 1 aromatic carbocycles. The van der Waals surface area contributed by atoms with Crippen LogP contribution in [-0.4, -0.2) is 21.6 Å². The summed E-state index contributed by atoms with van der Waals surface area (Å²) in [6.07, 6.45) is 3.63. The number of ether oxygens (including phenoxy) is 1. The van der Waals surface area contributed by atoms with Gasteiger partial charge in [-0.15, -0.1) is 0 Å². The quantitative estimate of drug-likeness (QED) is 0.668. The molecule has 0 fully saturated rings. The molecule has 0 aliphatic heterocycles. The second kappa shape index (κ2) is 6.47. The van der Waals surface area contributed by atoms with Crippen LogP contribution in [0.3, 0.4) is 0 Å². The van der Waals surface area contributed by atoms with E-state index in [0.717, 1.165) is 12.8 Å². The second-order valence-corrected chi connectivity index (χ2v) is 4.94. The van der Waals surface area contributed by atoms with Crippen molar-refractivity contribution in [2.75, 3.05) is 6.61 Å². The zero-order valence-corrected chi connectivity index (χ0v) is 12.3. The van der Waals surface area contributed by atoms with Crippen LogP contribution >= 0.6 is 0 Å². The monoisotopic (exact) mass is 297 g/mol. The van der Waals surface area contributed by atoms with E-state index in [-0.39, 0.29) is 5.82 Å². The van der Waals surface area contributed by atoms with Crippen LogP contribution in [0.1, 0.15) is 19.8 Å². The Morgan fingerprint density at radius 1 is 1.05 bits per heavy atom. The van der Waals surface area contributed by atoms with E-state index in [0.29, 0.717) is 34.9 Å². The molecule has 112 valence electrons. The average Bonchev–Trinajstić information content (AvgIpc) is 2.55. The summed E-state index contributed by atoms with van der Waals surface area (Å²) in [5.74, 6) is -0.296. The van der Waals surface area contributed by atoms with Crippen molar-refractivity contribution in [3.8, 4) is 17.3 Å². The van der Waals surface area contributed by atoms with Crippen molar-refractivity contribution in [3.63, 3.8) is 0 Å².